The Morgan fingerprint density at radius 3 is 2.50 bits per heavy atom. The molecular formula is C15H16F2N2O4S. The number of benzene rings is 1. The summed E-state index contributed by atoms with van der Waals surface area (Å²) in [4.78, 5) is 11.4. The first-order valence-electron chi connectivity index (χ1n) is 6.93. The number of halogens is 2. The molecule has 0 saturated carbocycles. The van der Waals surface area contributed by atoms with Gasteiger partial charge in [-0.3, -0.25) is 4.79 Å². The van der Waals surface area contributed by atoms with Gasteiger partial charge in [0.25, 0.3) is 5.91 Å². The van der Waals surface area contributed by atoms with Crippen LogP contribution in [0.15, 0.2) is 47.5 Å². The molecule has 0 saturated heterocycles. The van der Waals surface area contributed by atoms with Gasteiger partial charge in [-0.15, -0.1) is 0 Å². The van der Waals surface area contributed by atoms with Gasteiger partial charge in [-0.1, -0.05) is 12.1 Å². The van der Waals surface area contributed by atoms with Crippen LogP contribution in [0.25, 0.3) is 0 Å². The number of rotatable bonds is 6. The molecule has 2 aromatic rings. The van der Waals surface area contributed by atoms with E-state index in [0.717, 1.165) is 12.1 Å². The quantitative estimate of drug-likeness (QED) is 0.819. The van der Waals surface area contributed by atoms with Crippen molar-refractivity contribution in [1.82, 2.24) is 9.88 Å². The number of aromatic nitrogens is 1. The first-order chi connectivity index (χ1) is 11.2. The lowest BCUT2D eigenvalue weighted by atomic mass is 10.2. The van der Waals surface area contributed by atoms with Crippen LogP contribution in [0.1, 0.15) is 22.2 Å². The summed E-state index contributed by atoms with van der Waals surface area (Å²) in [5, 5.41) is 12.4. The van der Waals surface area contributed by atoms with Crippen LogP contribution < -0.4 is 5.32 Å². The first kappa shape index (κ1) is 18.1. The number of amides is 1. The van der Waals surface area contributed by atoms with Crippen molar-refractivity contribution in [2.75, 3.05) is 6.54 Å². The summed E-state index contributed by atoms with van der Waals surface area (Å²) in [7, 11) is -3.19. The van der Waals surface area contributed by atoms with Gasteiger partial charge in [-0.25, -0.2) is 8.42 Å². The number of nitrogens with zero attached hydrogens (tertiary/aromatic N) is 1. The maximum atomic E-state index is 12.7. The lowest BCUT2D eigenvalue weighted by Gasteiger charge is -2.14. The molecule has 2 rings (SSSR count). The molecule has 24 heavy (non-hydrogen) atoms. The Balaban J connectivity index is 2.18. The fourth-order valence-corrected chi connectivity index (χ4v) is 3.14. The minimum atomic E-state index is -4.90. The number of hydrogen-bond acceptors (Lipinski definition) is 4. The number of carbonyl (C=O) groups excluding carboxylic acids is 1. The molecule has 1 aromatic carbocycles. The summed E-state index contributed by atoms with van der Waals surface area (Å²) >= 11 is 0. The van der Waals surface area contributed by atoms with Crippen molar-refractivity contribution in [3.05, 3.63) is 53.9 Å². The number of alkyl halides is 2. The number of aliphatic hydroxyl groups excluding tert-OH is 1. The third kappa shape index (κ3) is 3.62. The molecule has 0 radical (unpaired) electrons. The normalized spacial score (nSPS) is 13.0. The van der Waals surface area contributed by atoms with Gasteiger partial charge in [0.1, 0.15) is 6.10 Å². The molecule has 0 bridgehead atoms. The molecule has 0 fully saturated rings. The van der Waals surface area contributed by atoms with Crippen molar-refractivity contribution < 1.29 is 27.1 Å². The Labute approximate surface area is 137 Å². The molecule has 1 atom stereocenters. The van der Waals surface area contributed by atoms with E-state index in [-0.39, 0.29) is 6.54 Å². The molecule has 6 nitrogen and oxygen atoms in total. The second-order valence-electron chi connectivity index (χ2n) is 5.07. The Hall–Kier alpha value is -2.26. The SMILES string of the molecule is Cn1cccc1[C@H](O)CNC(=O)c1ccccc1S(=O)(=O)C(F)F. The number of sulfone groups is 1. The lowest BCUT2D eigenvalue weighted by molar-refractivity contribution is 0.0909. The van der Waals surface area contributed by atoms with Crippen LogP contribution in [0.2, 0.25) is 0 Å². The Bertz CT molecular complexity index is 834. The summed E-state index contributed by atoms with van der Waals surface area (Å²) in [5.74, 6) is -4.48. The Kier molecular flexibility index (Phi) is 5.35. The fraction of sp³-hybridized carbons (Fsp3) is 0.267. The van der Waals surface area contributed by atoms with Crippen LogP contribution in [0.5, 0.6) is 0 Å². The van der Waals surface area contributed by atoms with Crippen molar-refractivity contribution in [3.63, 3.8) is 0 Å². The van der Waals surface area contributed by atoms with E-state index in [1.165, 1.54) is 12.1 Å². The molecule has 1 amide bonds. The number of nitrogens with one attached hydrogen (secondary N) is 1. The number of aliphatic hydroxyl groups is 1. The highest BCUT2D eigenvalue weighted by atomic mass is 32.2. The van der Waals surface area contributed by atoms with Gasteiger partial charge in [0.2, 0.25) is 9.84 Å². The second kappa shape index (κ2) is 7.10. The summed E-state index contributed by atoms with van der Waals surface area (Å²) in [6.45, 7) is -0.195. The predicted octanol–water partition coefficient (Wildman–Crippen LogP) is 1.48. The highest BCUT2D eigenvalue weighted by molar-refractivity contribution is 7.91. The van der Waals surface area contributed by atoms with Gasteiger partial charge in [-0.2, -0.15) is 8.78 Å². The monoisotopic (exact) mass is 358 g/mol. The van der Waals surface area contributed by atoms with Gasteiger partial charge in [0, 0.05) is 25.5 Å². The molecule has 0 unspecified atom stereocenters. The molecule has 0 aliphatic heterocycles. The minimum Gasteiger partial charge on any atom is -0.385 e. The van der Waals surface area contributed by atoms with Crippen molar-refractivity contribution in [3.8, 4) is 0 Å². The van der Waals surface area contributed by atoms with Crippen molar-refractivity contribution in [2.24, 2.45) is 7.05 Å². The molecule has 1 aromatic heterocycles. The summed E-state index contributed by atoms with van der Waals surface area (Å²) in [6, 6.07) is 8.08. The van der Waals surface area contributed by atoms with E-state index in [1.54, 1.807) is 29.9 Å². The van der Waals surface area contributed by atoms with Gasteiger partial charge in [0.05, 0.1) is 10.5 Å². The van der Waals surface area contributed by atoms with E-state index in [4.69, 9.17) is 0 Å². The zero-order chi connectivity index (χ0) is 17.9. The standard InChI is InChI=1S/C15H16F2N2O4S/c1-19-8-4-6-11(19)12(20)9-18-14(21)10-5-2-3-7-13(10)24(22,23)15(16)17/h2-8,12,15,20H,9H2,1H3,(H,18,21)/t12-/m1/s1. The summed E-state index contributed by atoms with van der Waals surface area (Å²) < 4.78 is 50.4. The van der Waals surface area contributed by atoms with E-state index in [9.17, 15) is 27.1 Å². The lowest BCUT2D eigenvalue weighted by Crippen LogP contribution is -2.30. The Morgan fingerprint density at radius 2 is 1.92 bits per heavy atom. The van der Waals surface area contributed by atoms with Crippen molar-refractivity contribution in [2.45, 2.75) is 16.8 Å². The smallest absolute Gasteiger partial charge is 0.341 e. The van der Waals surface area contributed by atoms with Crippen LogP contribution in [0, 0.1) is 0 Å². The van der Waals surface area contributed by atoms with E-state index < -0.39 is 38.1 Å². The van der Waals surface area contributed by atoms with E-state index in [0.29, 0.717) is 5.69 Å². The molecule has 9 heteroatoms. The third-order valence-electron chi connectivity index (χ3n) is 3.45. The molecule has 2 N–H and O–H groups in total. The highest BCUT2D eigenvalue weighted by Gasteiger charge is 2.30. The van der Waals surface area contributed by atoms with Gasteiger partial charge < -0.3 is 15.0 Å². The molecular weight excluding hydrogens is 342 g/mol. The van der Waals surface area contributed by atoms with Crippen LogP contribution in [-0.4, -0.2) is 36.3 Å². The van der Waals surface area contributed by atoms with Crippen LogP contribution in [0.3, 0.4) is 0 Å². The van der Waals surface area contributed by atoms with Crippen LogP contribution in [-0.2, 0) is 16.9 Å². The Morgan fingerprint density at radius 1 is 1.25 bits per heavy atom. The molecule has 0 aliphatic rings. The molecule has 0 aliphatic carbocycles. The number of hydrogen-bond donors (Lipinski definition) is 2. The predicted molar refractivity (Wildman–Crippen MR) is 82.3 cm³/mol. The van der Waals surface area contributed by atoms with Gasteiger partial charge >= 0.3 is 5.76 Å². The van der Waals surface area contributed by atoms with Crippen molar-refractivity contribution in [1.29, 1.82) is 0 Å². The fourth-order valence-electron chi connectivity index (χ4n) is 2.21. The van der Waals surface area contributed by atoms with Crippen LogP contribution >= 0.6 is 0 Å². The first-order valence-corrected chi connectivity index (χ1v) is 8.48. The summed E-state index contributed by atoms with van der Waals surface area (Å²) in [6.07, 6.45) is 0.693. The summed E-state index contributed by atoms with van der Waals surface area (Å²) in [5.41, 5.74) is 0.153. The number of aryl methyl sites for hydroxylation is 1. The van der Waals surface area contributed by atoms with E-state index in [1.807, 2.05) is 0 Å². The largest absolute Gasteiger partial charge is 0.385 e. The number of carbonyl (C=O) groups is 1. The van der Waals surface area contributed by atoms with Gasteiger partial charge in [-0.05, 0) is 24.3 Å². The zero-order valence-electron chi connectivity index (χ0n) is 12.7. The molecule has 1 heterocycles. The van der Waals surface area contributed by atoms with E-state index in [2.05, 4.69) is 5.32 Å². The highest BCUT2D eigenvalue weighted by Crippen LogP contribution is 2.22. The van der Waals surface area contributed by atoms with E-state index >= 15 is 0 Å². The maximum absolute atomic E-state index is 12.7. The van der Waals surface area contributed by atoms with Crippen LogP contribution in [0.4, 0.5) is 8.78 Å². The minimum absolute atomic E-state index is 0.195. The third-order valence-corrected chi connectivity index (χ3v) is 4.89. The average Bonchev–Trinajstić information content (AvgIpc) is 2.98. The molecule has 0 spiro atoms. The zero-order valence-corrected chi connectivity index (χ0v) is 13.5. The average molecular weight is 358 g/mol. The molecule has 130 valence electrons. The second-order valence-corrected chi connectivity index (χ2v) is 6.96. The van der Waals surface area contributed by atoms with Crippen molar-refractivity contribution >= 4 is 15.7 Å². The maximum Gasteiger partial charge on any atom is 0.341 e. The van der Waals surface area contributed by atoms with Gasteiger partial charge in [0.15, 0.2) is 0 Å². The topological polar surface area (TPSA) is 88.4 Å².